The Bertz CT molecular complexity index is 445. The minimum atomic E-state index is -0.661. The van der Waals surface area contributed by atoms with E-state index in [-0.39, 0.29) is 11.5 Å². The van der Waals surface area contributed by atoms with Crippen molar-refractivity contribution in [3.63, 3.8) is 0 Å². The standard InChI is InChI=1S/C14H16O3/c15-13(16)10-5-7-14(8-6-10)12-4-2-1-3-11(12)9-17-14/h1-4,10H,5-9H2,(H,15,16)/t10-,14+. The van der Waals surface area contributed by atoms with Gasteiger partial charge in [-0.25, -0.2) is 0 Å². The van der Waals surface area contributed by atoms with E-state index in [1.807, 2.05) is 12.1 Å². The SMILES string of the molecule is O=C(O)[C@H]1CC[C@]2(CC1)OCc1ccccc12. The summed E-state index contributed by atoms with van der Waals surface area (Å²) < 4.78 is 5.99. The second-order valence-corrected chi connectivity index (χ2v) is 5.05. The number of aliphatic carboxylic acids is 1. The molecule has 1 heterocycles. The van der Waals surface area contributed by atoms with E-state index >= 15 is 0 Å². The van der Waals surface area contributed by atoms with Gasteiger partial charge in [0.2, 0.25) is 0 Å². The first-order chi connectivity index (χ1) is 8.21. The largest absolute Gasteiger partial charge is 0.481 e. The third-order valence-corrected chi connectivity index (χ3v) is 4.15. The van der Waals surface area contributed by atoms with Crippen LogP contribution in [0.15, 0.2) is 24.3 Å². The normalized spacial score (nSPS) is 31.4. The van der Waals surface area contributed by atoms with Gasteiger partial charge in [-0.15, -0.1) is 0 Å². The van der Waals surface area contributed by atoms with Crippen LogP contribution in [-0.4, -0.2) is 11.1 Å². The molecule has 0 amide bonds. The molecule has 1 fully saturated rings. The lowest BCUT2D eigenvalue weighted by atomic mass is 9.75. The first kappa shape index (κ1) is 10.8. The molecule has 3 rings (SSSR count). The van der Waals surface area contributed by atoms with Crippen LogP contribution in [0.3, 0.4) is 0 Å². The number of hydrogen-bond acceptors (Lipinski definition) is 2. The van der Waals surface area contributed by atoms with Crippen LogP contribution in [0.25, 0.3) is 0 Å². The van der Waals surface area contributed by atoms with Crippen molar-refractivity contribution in [1.82, 2.24) is 0 Å². The van der Waals surface area contributed by atoms with Crippen molar-refractivity contribution < 1.29 is 14.6 Å². The van der Waals surface area contributed by atoms with Crippen molar-refractivity contribution in [2.24, 2.45) is 5.92 Å². The molecule has 0 radical (unpaired) electrons. The van der Waals surface area contributed by atoms with E-state index in [0.717, 1.165) is 25.7 Å². The van der Waals surface area contributed by atoms with Gasteiger partial charge < -0.3 is 9.84 Å². The summed E-state index contributed by atoms with van der Waals surface area (Å²) in [6.45, 7) is 0.675. The maximum atomic E-state index is 11.0. The Hall–Kier alpha value is -1.35. The summed E-state index contributed by atoms with van der Waals surface area (Å²) in [7, 11) is 0. The van der Waals surface area contributed by atoms with Crippen molar-refractivity contribution in [2.75, 3.05) is 0 Å². The van der Waals surface area contributed by atoms with Crippen molar-refractivity contribution in [3.8, 4) is 0 Å². The van der Waals surface area contributed by atoms with E-state index in [1.54, 1.807) is 0 Å². The van der Waals surface area contributed by atoms with Gasteiger partial charge in [-0.3, -0.25) is 4.79 Å². The summed E-state index contributed by atoms with van der Waals surface area (Å²) in [4.78, 5) is 11.0. The molecule has 2 aliphatic rings. The van der Waals surface area contributed by atoms with Gasteiger partial charge in [0.1, 0.15) is 0 Å². The Labute approximate surface area is 100 Å². The zero-order valence-corrected chi connectivity index (χ0v) is 9.69. The number of carbonyl (C=O) groups is 1. The molecule has 1 aliphatic heterocycles. The second-order valence-electron chi connectivity index (χ2n) is 5.05. The van der Waals surface area contributed by atoms with E-state index in [4.69, 9.17) is 9.84 Å². The summed E-state index contributed by atoms with van der Waals surface area (Å²) in [6, 6.07) is 8.30. The van der Waals surface area contributed by atoms with Gasteiger partial charge in [-0.2, -0.15) is 0 Å². The van der Waals surface area contributed by atoms with E-state index in [0.29, 0.717) is 6.61 Å². The third kappa shape index (κ3) is 1.65. The van der Waals surface area contributed by atoms with Crippen molar-refractivity contribution >= 4 is 5.97 Å². The number of carboxylic acid groups (broad SMARTS) is 1. The molecule has 1 aliphatic carbocycles. The fraction of sp³-hybridized carbons (Fsp3) is 0.500. The topological polar surface area (TPSA) is 46.5 Å². The molecule has 0 unspecified atom stereocenters. The van der Waals surface area contributed by atoms with Gasteiger partial charge in [-0.1, -0.05) is 24.3 Å². The van der Waals surface area contributed by atoms with Crippen molar-refractivity contribution in [1.29, 1.82) is 0 Å². The summed E-state index contributed by atoms with van der Waals surface area (Å²) in [5.41, 5.74) is 2.35. The van der Waals surface area contributed by atoms with Gasteiger partial charge in [0, 0.05) is 0 Å². The number of hydrogen-bond donors (Lipinski definition) is 1. The van der Waals surface area contributed by atoms with Gasteiger partial charge in [-0.05, 0) is 36.8 Å². The minimum Gasteiger partial charge on any atom is -0.481 e. The lowest BCUT2D eigenvalue weighted by Crippen LogP contribution is -2.33. The Kier molecular flexibility index (Phi) is 2.44. The van der Waals surface area contributed by atoms with Crippen LogP contribution in [0.4, 0.5) is 0 Å². The fourth-order valence-electron chi connectivity index (χ4n) is 3.13. The molecule has 1 spiro atoms. The Balaban J connectivity index is 1.85. The fourth-order valence-corrected chi connectivity index (χ4v) is 3.13. The maximum Gasteiger partial charge on any atom is 0.306 e. The highest BCUT2D eigenvalue weighted by Crippen LogP contribution is 2.47. The molecule has 17 heavy (non-hydrogen) atoms. The summed E-state index contributed by atoms with van der Waals surface area (Å²) in [5, 5.41) is 9.02. The third-order valence-electron chi connectivity index (χ3n) is 4.15. The van der Waals surface area contributed by atoms with E-state index < -0.39 is 5.97 Å². The van der Waals surface area contributed by atoms with Gasteiger partial charge in [0.15, 0.2) is 0 Å². The summed E-state index contributed by atoms with van der Waals surface area (Å²) in [5.74, 6) is -0.844. The molecule has 0 saturated heterocycles. The summed E-state index contributed by atoms with van der Waals surface area (Å²) >= 11 is 0. The Morgan fingerprint density at radius 2 is 2.00 bits per heavy atom. The van der Waals surface area contributed by atoms with E-state index in [2.05, 4.69) is 12.1 Å². The monoisotopic (exact) mass is 232 g/mol. The molecule has 1 saturated carbocycles. The predicted molar refractivity (Wildman–Crippen MR) is 62.5 cm³/mol. The lowest BCUT2D eigenvalue weighted by molar-refractivity contribution is -0.146. The quantitative estimate of drug-likeness (QED) is 0.809. The first-order valence-electron chi connectivity index (χ1n) is 6.16. The molecular weight excluding hydrogens is 216 g/mol. The van der Waals surface area contributed by atoms with Crippen LogP contribution < -0.4 is 0 Å². The molecule has 0 atom stereocenters. The van der Waals surface area contributed by atoms with Crippen LogP contribution in [0.5, 0.6) is 0 Å². The van der Waals surface area contributed by atoms with Crippen LogP contribution in [0.1, 0.15) is 36.8 Å². The average molecular weight is 232 g/mol. The predicted octanol–water partition coefficient (Wildman–Crippen LogP) is 2.69. The highest BCUT2D eigenvalue weighted by molar-refractivity contribution is 5.70. The molecule has 0 aromatic heterocycles. The van der Waals surface area contributed by atoms with E-state index in [9.17, 15) is 4.79 Å². The average Bonchev–Trinajstić information content (AvgIpc) is 2.70. The van der Waals surface area contributed by atoms with Crippen LogP contribution in [0.2, 0.25) is 0 Å². The zero-order chi connectivity index (χ0) is 11.9. The molecule has 90 valence electrons. The smallest absolute Gasteiger partial charge is 0.306 e. The number of fused-ring (bicyclic) bond motifs is 2. The Morgan fingerprint density at radius 3 is 2.71 bits per heavy atom. The van der Waals surface area contributed by atoms with Gasteiger partial charge in [0.05, 0.1) is 18.1 Å². The van der Waals surface area contributed by atoms with Gasteiger partial charge >= 0.3 is 5.97 Å². The molecular formula is C14H16O3. The van der Waals surface area contributed by atoms with Crippen molar-refractivity contribution in [3.05, 3.63) is 35.4 Å². The van der Waals surface area contributed by atoms with Crippen LogP contribution in [0, 0.1) is 5.92 Å². The lowest BCUT2D eigenvalue weighted by Gasteiger charge is -2.35. The molecule has 3 nitrogen and oxygen atoms in total. The van der Waals surface area contributed by atoms with Crippen LogP contribution >= 0.6 is 0 Å². The van der Waals surface area contributed by atoms with Crippen molar-refractivity contribution in [2.45, 2.75) is 37.9 Å². The molecule has 0 bridgehead atoms. The second kappa shape index (κ2) is 3.84. The first-order valence-corrected chi connectivity index (χ1v) is 6.16. The van der Waals surface area contributed by atoms with Crippen LogP contribution in [-0.2, 0) is 21.7 Å². The number of ether oxygens (including phenoxy) is 1. The van der Waals surface area contributed by atoms with E-state index in [1.165, 1.54) is 11.1 Å². The number of carboxylic acids is 1. The molecule has 1 N–H and O–H groups in total. The summed E-state index contributed by atoms with van der Waals surface area (Å²) in [6.07, 6.45) is 3.12. The molecule has 1 aromatic rings. The highest BCUT2D eigenvalue weighted by Gasteiger charge is 2.43. The maximum absolute atomic E-state index is 11.0. The highest BCUT2D eigenvalue weighted by atomic mass is 16.5. The number of rotatable bonds is 1. The zero-order valence-electron chi connectivity index (χ0n) is 9.69. The Morgan fingerprint density at radius 1 is 1.29 bits per heavy atom. The molecule has 3 heteroatoms. The minimum absolute atomic E-state index is 0.183. The van der Waals surface area contributed by atoms with Gasteiger partial charge in [0.25, 0.3) is 0 Å². The molecule has 1 aromatic carbocycles. The number of benzene rings is 1.